The van der Waals surface area contributed by atoms with Crippen LogP contribution in [0, 0.1) is 11.8 Å². The number of piperidine rings is 1. The highest BCUT2D eigenvalue weighted by Crippen LogP contribution is 2.30. The third kappa shape index (κ3) is 2.60. The van der Waals surface area contributed by atoms with E-state index in [9.17, 15) is 0 Å². The molecule has 1 fully saturated rings. The smallest absolute Gasteiger partial charge is 0.129 e. The second kappa shape index (κ2) is 5.05. The molecule has 0 bridgehead atoms. The minimum atomic E-state index is 0.515. The Bertz CT molecular complexity index is 377. The predicted octanol–water partition coefficient (Wildman–Crippen LogP) is 2.41. The van der Waals surface area contributed by atoms with Gasteiger partial charge in [0.15, 0.2) is 0 Å². The second-order valence-corrected chi connectivity index (χ2v) is 5.40. The van der Waals surface area contributed by atoms with Crippen LogP contribution in [-0.4, -0.2) is 17.6 Å². The molecular formula is C14H23N3. The van der Waals surface area contributed by atoms with E-state index in [1.165, 1.54) is 6.42 Å². The van der Waals surface area contributed by atoms with Crippen molar-refractivity contribution in [2.45, 2.75) is 39.8 Å². The van der Waals surface area contributed by atoms with Gasteiger partial charge in [0.05, 0.1) is 5.69 Å². The maximum atomic E-state index is 5.66. The van der Waals surface area contributed by atoms with Crippen molar-refractivity contribution in [1.82, 2.24) is 4.98 Å². The van der Waals surface area contributed by atoms with Crippen molar-refractivity contribution in [3.05, 3.63) is 23.9 Å². The standard InChI is InChI=1S/C14H23N3/c1-10-7-11(2)12(3)17(9-10)14-6-4-5-13(8-15)16-14/h4-6,10-12H,7-9,15H2,1-3H3. The van der Waals surface area contributed by atoms with Gasteiger partial charge in [-0.3, -0.25) is 0 Å². The van der Waals surface area contributed by atoms with Crippen LogP contribution in [0.2, 0.25) is 0 Å². The Morgan fingerprint density at radius 1 is 1.35 bits per heavy atom. The highest BCUT2D eigenvalue weighted by molar-refractivity contribution is 5.41. The molecule has 3 nitrogen and oxygen atoms in total. The van der Waals surface area contributed by atoms with Crippen LogP contribution in [0.5, 0.6) is 0 Å². The quantitative estimate of drug-likeness (QED) is 0.853. The lowest BCUT2D eigenvalue weighted by molar-refractivity contribution is 0.295. The number of anilines is 1. The molecule has 2 heterocycles. The fourth-order valence-electron chi connectivity index (χ4n) is 2.76. The average molecular weight is 233 g/mol. The average Bonchev–Trinajstić information content (AvgIpc) is 2.34. The van der Waals surface area contributed by atoms with E-state index in [1.807, 2.05) is 6.07 Å². The summed E-state index contributed by atoms with van der Waals surface area (Å²) in [6, 6.07) is 6.71. The summed E-state index contributed by atoms with van der Waals surface area (Å²) < 4.78 is 0. The van der Waals surface area contributed by atoms with E-state index in [0.29, 0.717) is 12.6 Å². The Balaban J connectivity index is 2.24. The number of hydrogen-bond acceptors (Lipinski definition) is 3. The number of rotatable bonds is 2. The number of aromatic nitrogens is 1. The molecule has 3 heteroatoms. The van der Waals surface area contributed by atoms with E-state index in [2.05, 4.69) is 42.8 Å². The zero-order chi connectivity index (χ0) is 12.4. The van der Waals surface area contributed by atoms with E-state index in [-0.39, 0.29) is 0 Å². The highest BCUT2D eigenvalue weighted by atomic mass is 15.2. The van der Waals surface area contributed by atoms with E-state index in [4.69, 9.17) is 5.73 Å². The molecule has 2 N–H and O–H groups in total. The summed E-state index contributed by atoms with van der Waals surface area (Å²) in [6.45, 7) is 8.57. The largest absolute Gasteiger partial charge is 0.353 e. The van der Waals surface area contributed by atoms with Gasteiger partial charge >= 0.3 is 0 Å². The van der Waals surface area contributed by atoms with Gasteiger partial charge < -0.3 is 10.6 Å². The van der Waals surface area contributed by atoms with Crippen molar-refractivity contribution < 1.29 is 0 Å². The Kier molecular flexibility index (Phi) is 3.67. The van der Waals surface area contributed by atoms with Crippen molar-refractivity contribution in [2.24, 2.45) is 17.6 Å². The van der Waals surface area contributed by atoms with Gasteiger partial charge in [0.2, 0.25) is 0 Å². The summed E-state index contributed by atoms with van der Waals surface area (Å²) in [5, 5.41) is 0. The first-order valence-corrected chi connectivity index (χ1v) is 6.54. The molecule has 0 spiro atoms. The monoisotopic (exact) mass is 233 g/mol. The molecule has 3 unspecified atom stereocenters. The third-order valence-corrected chi connectivity index (χ3v) is 3.89. The molecule has 0 aromatic carbocycles. The maximum Gasteiger partial charge on any atom is 0.129 e. The molecule has 1 aromatic heterocycles. The zero-order valence-electron chi connectivity index (χ0n) is 11.1. The molecule has 17 heavy (non-hydrogen) atoms. The molecule has 3 atom stereocenters. The van der Waals surface area contributed by atoms with Gasteiger partial charge in [0, 0.05) is 19.1 Å². The topological polar surface area (TPSA) is 42.1 Å². The van der Waals surface area contributed by atoms with Crippen LogP contribution in [0.15, 0.2) is 18.2 Å². The molecule has 1 aliphatic heterocycles. The van der Waals surface area contributed by atoms with Gasteiger partial charge in [-0.15, -0.1) is 0 Å². The van der Waals surface area contributed by atoms with Crippen molar-refractivity contribution in [3.8, 4) is 0 Å². The van der Waals surface area contributed by atoms with E-state index in [0.717, 1.165) is 29.9 Å². The van der Waals surface area contributed by atoms with Gasteiger partial charge in [-0.05, 0) is 37.3 Å². The Labute approximate surface area is 104 Å². The molecule has 0 amide bonds. The third-order valence-electron chi connectivity index (χ3n) is 3.89. The van der Waals surface area contributed by atoms with E-state index >= 15 is 0 Å². The van der Waals surface area contributed by atoms with Crippen LogP contribution in [0.3, 0.4) is 0 Å². The van der Waals surface area contributed by atoms with Crippen molar-refractivity contribution >= 4 is 5.82 Å². The van der Waals surface area contributed by atoms with Gasteiger partial charge in [-0.25, -0.2) is 4.98 Å². The summed E-state index contributed by atoms with van der Waals surface area (Å²) in [4.78, 5) is 7.06. The summed E-state index contributed by atoms with van der Waals surface area (Å²) in [5.74, 6) is 2.55. The van der Waals surface area contributed by atoms with E-state index in [1.54, 1.807) is 0 Å². The lowest BCUT2D eigenvalue weighted by Gasteiger charge is -2.42. The van der Waals surface area contributed by atoms with Crippen molar-refractivity contribution in [3.63, 3.8) is 0 Å². The minimum absolute atomic E-state index is 0.515. The molecular weight excluding hydrogens is 210 g/mol. The van der Waals surface area contributed by atoms with Crippen LogP contribution in [0.1, 0.15) is 32.9 Å². The molecule has 2 rings (SSSR count). The van der Waals surface area contributed by atoms with Crippen LogP contribution < -0.4 is 10.6 Å². The zero-order valence-corrected chi connectivity index (χ0v) is 11.1. The van der Waals surface area contributed by atoms with E-state index < -0.39 is 0 Å². The Hall–Kier alpha value is -1.09. The minimum Gasteiger partial charge on any atom is -0.353 e. The van der Waals surface area contributed by atoms with Crippen molar-refractivity contribution in [2.75, 3.05) is 11.4 Å². The summed E-state index contributed by atoms with van der Waals surface area (Å²) in [7, 11) is 0. The Morgan fingerprint density at radius 3 is 2.82 bits per heavy atom. The summed E-state index contributed by atoms with van der Waals surface area (Å²) in [6.07, 6.45) is 1.31. The lowest BCUT2D eigenvalue weighted by atomic mass is 9.86. The van der Waals surface area contributed by atoms with Gasteiger partial charge in [0.25, 0.3) is 0 Å². The fraction of sp³-hybridized carbons (Fsp3) is 0.643. The van der Waals surface area contributed by atoms with Crippen LogP contribution in [0.25, 0.3) is 0 Å². The second-order valence-electron chi connectivity index (χ2n) is 5.40. The van der Waals surface area contributed by atoms with Crippen LogP contribution in [0.4, 0.5) is 5.82 Å². The van der Waals surface area contributed by atoms with Gasteiger partial charge in [0.1, 0.15) is 5.82 Å². The molecule has 1 aromatic rings. The van der Waals surface area contributed by atoms with Crippen molar-refractivity contribution in [1.29, 1.82) is 0 Å². The first-order valence-electron chi connectivity index (χ1n) is 6.54. The first kappa shape index (κ1) is 12.4. The lowest BCUT2D eigenvalue weighted by Crippen LogP contribution is -2.46. The number of nitrogens with two attached hydrogens (primary N) is 1. The molecule has 1 saturated heterocycles. The molecule has 0 aliphatic carbocycles. The number of nitrogens with zero attached hydrogens (tertiary/aromatic N) is 2. The first-order chi connectivity index (χ1) is 8.11. The fourth-order valence-corrected chi connectivity index (χ4v) is 2.76. The molecule has 0 radical (unpaired) electrons. The number of pyridine rings is 1. The number of hydrogen-bond donors (Lipinski definition) is 1. The highest BCUT2D eigenvalue weighted by Gasteiger charge is 2.29. The Morgan fingerprint density at radius 2 is 2.12 bits per heavy atom. The van der Waals surface area contributed by atoms with Crippen LogP contribution in [-0.2, 0) is 6.54 Å². The molecule has 94 valence electrons. The summed E-state index contributed by atoms with van der Waals surface area (Å²) >= 11 is 0. The van der Waals surface area contributed by atoms with Gasteiger partial charge in [-0.2, -0.15) is 0 Å². The normalized spacial score (nSPS) is 29.4. The molecule has 0 saturated carbocycles. The summed E-state index contributed by atoms with van der Waals surface area (Å²) in [5.41, 5.74) is 6.63. The predicted molar refractivity (Wildman–Crippen MR) is 71.9 cm³/mol. The SMILES string of the molecule is CC1CC(C)C(C)N(c2cccc(CN)n2)C1. The van der Waals surface area contributed by atoms with Crippen LogP contribution >= 0.6 is 0 Å². The maximum absolute atomic E-state index is 5.66. The molecule has 1 aliphatic rings. The van der Waals surface area contributed by atoms with Gasteiger partial charge in [-0.1, -0.05) is 19.9 Å².